The molecule has 1 N–H and O–H groups in total. The fraction of sp³-hybridized carbons (Fsp3) is 0.350. The van der Waals surface area contributed by atoms with E-state index < -0.39 is 34.6 Å². The number of unbranched alkanes of at least 4 members (excludes halogenated alkanes) is 2. The second kappa shape index (κ2) is 9.73. The van der Waals surface area contributed by atoms with Gasteiger partial charge in [-0.05, 0) is 36.8 Å². The van der Waals surface area contributed by atoms with Gasteiger partial charge < -0.3 is 9.88 Å². The normalized spacial score (nSPS) is 11.3. The van der Waals surface area contributed by atoms with Crippen molar-refractivity contribution in [1.29, 1.82) is 0 Å². The topological polar surface area (TPSA) is 68.2 Å². The zero-order chi connectivity index (χ0) is 21.6. The highest BCUT2D eigenvalue weighted by atomic mass is 35.5. The number of hydrogen-bond donors (Lipinski definition) is 1. The Morgan fingerprint density at radius 3 is 2.38 bits per heavy atom. The van der Waals surface area contributed by atoms with Crippen LogP contribution in [0.5, 0.6) is 0 Å². The molecule has 2 rings (SSSR count). The van der Waals surface area contributed by atoms with Crippen molar-refractivity contribution in [1.82, 2.24) is 4.57 Å². The Kier molecular flexibility index (Phi) is 7.61. The smallest absolute Gasteiger partial charge is 0.326 e. The van der Waals surface area contributed by atoms with Gasteiger partial charge in [0, 0.05) is 23.9 Å². The number of aromatic nitrogens is 1. The van der Waals surface area contributed by atoms with Gasteiger partial charge in [0.2, 0.25) is 5.91 Å². The van der Waals surface area contributed by atoms with Crippen LogP contribution >= 0.6 is 11.6 Å². The van der Waals surface area contributed by atoms with Crippen LogP contribution in [0, 0.1) is 0 Å². The average molecular weight is 429 g/mol. The SMILES string of the molecule is CCCCCC(=O)Nc1ccc(C(=O)Cn2cc(C(F)(F)F)cc(Cl)c2=O)cc1. The van der Waals surface area contributed by atoms with Crippen LogP contribution in [0.3, 0.4) is 0 Å². The minimum Gasteiger partial charge on any atom is -0.326 e. The fourth-order valence-corrected chi connectivity index (χ4v) is 2.84. The van der Waals surface area contributed by atoms with E-state index in [1.165, 1.54) is 24.3 Å². The van der Waals surface area contributed by atoms with E-state index in [-0.39, 0.29) is 11.5 Å². The number of benzene rings is 1. The number of halogens is 4. The first-order chi connectivity index (χ1) is 13.6. The first-order valence-corrected chi connectivity index (χ1v) is 9.40. The molecule has 0 saturated heterocycles. The standard InChI is InChI=1S/C20H20ClF3N2O3/c1-2-3-4-5-18(28)25-15-8-6-13(7-9-15)17(27)12-26-11-14(20(22,23)24)10-16(21)19(26)29/h6-11H,2-5,12H2,1H3,(H,25,28). The summed E-state index contributed by atoms with van der Waals surface area (Å²) in [4.78, 5) is 36.1. The van der Waals surface area contributed by atoms with Crippen LogP contribution in [0.25, 0.3) is 0 Å². The maximum atomic E-state index is 12.9. The molecule has 0 unspecified atom stereocenters. The van der Waals surface area contributed by atoms with Gasteiger partial charge in [-0.2, -0.15) is 13.2 Å². The van der Waals surface area contributed by atoms with Crippen molar-refractivity contribution < 1.29 is 22.8 Å². The first kappa shape index (κ1) is 22.7. The molecule has 0 aliphatic carbocycles. The number of anilines is 1. The Bertz CT molecular complexity index is 937. The predicted octanol–water partition coefficient (Wildman–Crippen LogP) is 4.92. The van der Waals surface area contributed by atoms with E-state index in [2.05, 4.69) is 5.32 Å². The van der Waals surface area contributed by atoms with Gasteiger partial charge in [-0.25, -0.2) is 0 Å². The molecule has 0 spiro atoms. The molecule has 0 atom stereocenters. The number of amides is 1. The summed E-state index contributed by atoms with van der Waals surface area (Å²) in [5.74, 6) is -0.703. The number of carbonyl (C=O) groups excluding carboxylic acids is 2. The number of rotatable bonds is 8. The summed E-state index contributed by atoms with van der Waals surface area (Å²) in [6.07, 6.45) is -0.985. The van der Waals surface area contributed by atoms with Crippen LogP contribution in [0.1, 0.15) is 48.5 Å². The number of alkyl halides is 3. The van der Waals surface area contributed by atoms with E-state index in [1.807, 2.05) is 6.92 Å². The maximum absolute atomic E-state index is 12.9. The van der Waals surface area contributed by atoms with Gasteiger partial charge >= 0.3 is 6.18 Å². The molecule has 5 nitrogen and oxygen atoms in total. The van der Waals surface area contributed by atoms with Crippen molar-refractivity contribution in [2.75, 3.05) is 5.32 Å². The summed E-state index contributed by atoms with van der Waals surface area (Å²) in [6.45, 7) is 1.44. The summed E-state index contributed by atoms with van der Waals surface area (Å²) < 4.78 is 39.3. The molecule has 9 heteroatoms. The number of ketones is 1. The Balaban J connectivity index is 2.09. The highest BCUT2D eigenvalue weighted by Gasteiger charge is 2.32. The number of nitrogens with one attached hydrogen (secondary N) is 1. The van der Waals surface area contributed by atoms with Gasteiger partial charge in [0.1, 0.15) is 5.02 Å². The Labute approximate surface area is 170 Å². The largest absolute Gasteiger partial charge is 0.417 e. The minimum absolute atomic E-state index is 0.136. The minimum atomic E-state index is -4.70. The summed E-state index contributed by atoms with van der Waals surface area (Å²) in [5, 5.41) is 2.09. The van der Waals surface area contributed by atoms with E-state index in [9.17, 15) is 27.6 Å². The molecule has 1 aromatic heterocycles. The van der Waals surface area contributed by atoms with E-state index >= 15 is 0 Å². The molecule has 1 aromatic carbocycles. The molecule has 156 valence electrons. The molecule has 1 amide bonds. The number of pyridine rings is 1. The lowest BCUT2D eigenvalue weighted by molar-refractivity contribution is -0.138. The van der Waals surface area contributed by atoms with Crippen LogP contribution in [0.4, 0.5) is 18.9 Å². The lowest BCUT2D eigenvalue weighted by atomic mass is 10.1. The van der Waals surface area contributed by atoms with Gasteiger partial charge in [-0.1, -0.05) is 31.4 Å². The molecular weight excluding hydrogens is 409 g/mol. The quantitative estimate of drug-likeness (QED) is 0.479. The summed E-state index contributed by atoms with van der Waals surface area (Å²) >= 11 is 5.58. The number of carbonyl (C=O) groups is 2. The van der Waals surface area contributed by atoms with Crippen molar-refractivity contribution >= 4 is 29.0 Å². The molecule has 0 fully saturated rings. The average Bonchev–Trinajstić information content (AvgIpc) is 2.65. The van der Waals surface area contributed by atoms with Gasteiger partial charge in [-0.15, -0.1) is 0 Å². The summed E-state index contributed by atoms with van der Waals surface area (Å²) in [6, 6.07) is 6.44. The van der Waals surface area contributed by atoms with Crippen molar-refractivity contribution in [3.63, 3.8) is 0 Å². The molecule has 1 heterocycles. The third-order valence-electron chi connectivity index (χ3n) is 4.18. The van der Waals surface area contributed by atoms with Gasteiger partial charge in [-0.3, -0.25) is 14.4 Å². The zero-order valence-corrected chi connectivity index (χ0v) is 16.4. The third kappa shape index (κ3) is 6.45. The molecule has 0 radical (unpaired) electrons. The Morgan fingerprint density at radius 1 is 1.14 bits per heavy atom. The van der Waals surface area contributed by atoms with Crippen LogP contribution in [-0.2, 0) is 17.5 Å². The number of hydrogen-bond acceptors (Lipinski definition) is 3. The first-order valence-electron chi connectivity index (χ1n) is 9.02. The number of nitrogens with zero attached hydrogens (tertiary/aromatic N) is 1. The molecule has 0 bridgehead atoms. The van der Waals surface area contributed by atoms with E-state index in [1.54, 1.807) is 0 Å². The predicted molar refractivity (Wildman–Crippen MR) is 104 cm³/mol. The second-order valence-corrected chi connectivity index (χ2v) is 6.92. The molecule has 2 aromatic rings. The monoisotopic (exact) mass is 428 g/mol. The highest BCUT2D eigenvalue weighted by Crippen LogP contribution is 2.29. The van der Waals surface area contributed by atoms with Gasteiger partial charge in [0.05, 0.1) is 12.1 Å². The highest BCUT2D eigenvalue weighted by molar-refractivity contribution is 6.30. The fourth-order valence-electron chi connectivity index (χ4n) is 2.62. The van der Waals surface area contributed by atoms with Crippen molar-refractivity contribution in [3.05, 3.63) is 63.0 Å². The maximum Gasteiger partial charge on any atom is 0.417 e. The van der Waals surface area contributed by atoms with Crippen LogP contribution in [-0.4, -0.2) is 16.3 Å². The van der Waals surface area contributed by atoms with Crippen LogP contribution < -0.4 is 10.9 Å². The van der Waals surface area contributed by atoms with Crippen molar-refractivity contribution in [2.45, 2.75) is 45.3 Å². The molecule has 0 aliphatic heterocycles. The second-order valence-electron chi connectivity index (χ2n) is 6.51. The molecule has 0 saturated carbocycles. The molecular formula is C20H20ClF3N2O3. The lowest BCUT2D eigenvalue weighted by Gasteiger charge is -2.11. The van der Waals surface area contributed by atoms with Crippen molar-refractivity contribution in [3.8, 4) is 0 Å². The zero-order valence-electron chi connectivity index (χ0n) is 15.7. The summed E-state index contributed by atoms with van der Waals surface area (Å²) in [7, 11) is 0. The van der Waals surface area contributed by atoms with E-state index in [4.69, 9.17) is 11.6 Å². The lowest BCUT2D eigenvalue weighted by Crippen LogP contribution is -2.26. The van der Waals surface area contributed by atoms with Gasteiger partial charge in [0.25, 0.3) is 5.56 Å². The third-order valence-corrected chi connectivity index (χ3v) is 4.45. The van der Waals surface area contributed by atoms with E-state index in [0.717, 1.165) is 19.3 Å². The van der Waals surface area contributed by atoms with Crippen molar-refractivity contribution in [2.24, 2.45) is 0 Å². The molecule has 0 aliphatic rings. The van der Waals surface area contributed by atoms with Crippen LogP contribution in [0.15, 0.2) is 41.3 Å². The Morgan fingerprint density at radius 2 is 1.79 bits per heavy atom. The number of Topliss-reactive ketones (excluding diaryl/α,β-unsaturated/α-hetero) is 1. The van der Waals surface area contributed by atoms with Crippen LogP contribution in [0.2, 0.25) is 5.02 Å². The molecule has 29 heavy (non-hydrogen) atoms. The summed E-state index contributed by atoms with van der Waals surface area (Å²) in [5.41, 5.74) is -1.31. The van der Waals surface area contributed by atoms with E-state index in [0.29, 0.717) is 28.9 Å². The van der Waals surface area contributed by atoms with Gasteiger partial charge in [0.15, 0.2) is 5.78 Å². The Hall–Kier alpha value is -2.61.